The quantitative estimate of drug-likeness (QED) is 0.282. The van der Waals surface area contributed by atoms with Crippen LogP contribution in [0.25, 0.3) is 21.8 Å². The summed E-state index contributed by atoms with van der Waals surface area (Å²) in [4.78, 5) is 17.3. The molecule has 2 amide bonds. The molecular formula is C17H10Cl2N6O3. The van der Waals surface area contributed by atoms with E-state index in [1.807, 2.05) is 0 Å². The van der Waals surface area contributed by atoms with E-state index in [2.05, 4.69) is 30.4 Å². The van der Waals surface area contributed by atoms with Crippen LogP contribution < -0.4 is 0 Å². The molecule has 4 rings (SSSR count). The second kappa shape index (κ2) is 6.95. The van der Waals surface area contributed by atoms with E-state index in [-0.39, 0.29) is 23.1 Å². The average Bonchev–Trinajstić information content (AvgIpc) is 3.13. The van der Waals surface area contributed by atoms with Gasteiger partial charge in [-0.3, -0.25) is 0 Å². The van der Waals surface area contributed by atoms with Crippen molar-refractivity contribution < 1.29 is 15.0 Å². The zero-order valence-corrected chi connectivity index (χ0v) is 15.3. The first-order valence-corrected chi connectivity index (χ1v) is 8.56. The SMILES string of the molecule is O=C(N=Nc1c(O)[nH]c2ccc(Cl)cc12)N=Nc1c(O)[nH]c2ccc(Cl)cc12. The van der Waals surface area contributed by atoms with E-state index in [1.165, 1.54) is 0 Å². The summed E-state index contributed by atoms with van der Waals surface area (Å²) >= 11 is 11.9. The van der Waals surface area contributed by atoms with Gasteiger partial charge in [0.05, 0.1) is 11.0 Å². The molecule has 0 aliphatic rings. The smallest absolute Gasteiger partial charge is 0.404 e. The molecule has 2 heterocycles. The number of carbonyl (C=O) groups is 1. The zero-order chi connectivity index (χ0) is 19.8. The van der Waals surface area contributed by atoms with Crippen LogP contribution in [-0.4, -0.2) is 26.2 Å². The van der Waals surface area contributed by atoms with Gasteiger partial charge in [-0.15, -0.1) is 10.2 Å². The highest BCUT2D eigenvalue weighted by Gasteiger charge is 2.13. The van der Waals surface area contributed by atoms with Gasteiger partial charge in [0.1, 0.15) is 0 Å². The third kappa shape index (κ3) is 3.28. The molecule has 0 fully saturated rings. The second-order valence-electron chi connectivity index (χ2n) is 5.71. The van der Waals surface area contributed by atoms with E-state index in [0.717, 1.165) is 0 Å². The fraction of sp³-hybridized carbons (Fsp3) is 0. The minimum absolute atomic E-state index is 0.0442. The zero-order valence-electron chi connectivity index (χ0n) is 13.8. The standard InChI is InChI=1S/C17H10Cl2N6O3/c18-7-1-3-11-9(5-7)13(15(26)20-11)22-24-17(28)25-23-14-10-6-8(19)2-4-12(10)21-16(14)27/h1-6,20-21,26-27H. The summed E-state index contributed by atoms with van der Waals surface area (Å²) in [7, 11) is 0. The van der Waals surface area contributed by atoms with Crippen LogP contribution in [-0.2, 0) is 0 Å². The lowest BCUT2D eigenvalue weighted by Crippen LogP contribution is -1.79. The molecule has 0 aliphatic heterocycles. The molecule has 0 aliphatic carbocycles. The van der Waals surface area contributed by atoms with Gasteiger partial charge in [0, 0.05) is 20.8 Å². The monoisotopic (exact) mass is 416 g/mol. The van der Waals surface area contributed by atoms with Gasteiger partial charge in [0.25, 0.3) is 0 Å². The average molecular weight is 417 g/mol. The van der Waals surface area contributed by atoms with Crippen molar-refractivity contribution in [1.29, 1.82) is 0 Å². The highest BCUT2D eigenvalue weighted by molar-refractivity contribution is 6.31. The third-order valence-electron chi connectivity index (χ3n) is 3.90. The van der Waals surface area contributed by atoms with Crippen molar-refractivity contribution in [3.8, 4) is 11.8 Å². The number of azo groups is 2. The van der Waals surface area contributed by atoms with Crippen LogP contribution in [0, 0.1) is 0 Å². The number of aromatic hydroxyl groups is 2. The summed E-state index contributed by atoms with van der Waals surface area (Å²) in [6.07, 6.45) is 0. The normalized spacial score (nSPS) is 12.1. The van der Waals surface area contributed by atoms with Gasteiger partial charge in [-0.05, 0) is 36.4 Å². The summed E-state index contributed by atoms with van der Waals surface area (Å²) in [5.41, 5.74) is 1.24. The molecule has 0 radical (unpaired) electrons. The van der Waals surface area contributed by atoms with E-state index >= 15 is 0 Å². The molecule has 4 aromatic rings. The molecule has 2 aromatic heterocycles. The number of nitrogens with zero attached hydrogens (tertiary/aromatic N) is 4. The Hall–Kier alpha value is -3.43. The van der Waals surface area contributed by atoms with Crippen LogP contribution in [0.4, 0.5) is 16.2 Å². The van der Waals surface area contributed by atoms with Gasteiger partial charge in [-0.2, -0.15) is 0 Å². The van der Waals surface area contributed by atoms with Crippen LogP contribution in [0.2, 0.25) is 10.0 Å². The fourth-order valence-electron chi connectivity index (χ4n) is 2.68. The molecule has 0 saturated heterocycles. The highest BCUT2D eigenvalue weighted by Crippen LogP contribution is 2.38. The fourth-order valence-corrected chi connectivity index (χ4v) is 3.02. The minimum atomic E-state index is -1.04. The van der Waals surface area contributed by atoms with E-state index in [9.17, 15) is 15.0 Å². The van der Waals surface area contributed by atoms with Crippen LogP contribution in [0.5, 0.6) is 11.8 Å². The molecule has 0 bridgehead atoms. The Bertz CT molecular complexity index is 1190. The molecule has 2 aromatic carbocycles. The topological polar surface area (TPSA) is 139 Å². The van der Waals surface area contributed by atoms with Gasteiger partial charge in [0.15, 0.2) is 11.4 Å². The number of aromatic nitrogens is 2. The van der Waals surface area contributed by atoms with Crippen LogP contribution in [0.3, 0.4) is 0 Å². The molecule has 0 saturated carbocycles. The Balaban J connectivity index is 1.62. The summed E-state index contributed by atoms with van der Waals surface area (Å²) in [5, 5.41) is 36.0. The number of rotatable bonds is 2. The van der Waals surface area contributed by atoms with E-state index in [0.29, 0.717) is 31.9 Å². The molecule has 140 valence electrons. The van der Waals surface area contributed by atoms with Gasteiger partial charge in [-0.25, -0.2) is 4.79 Å². The Kier molecular flexibility index (Phi) is 4.46. The number of fused-ring (bicyclic) bond motifs is 2. The summed E-state index contributed by atoms with van der Waals surface area (Å²) in [5.74, 6) is -0.538. The third-order valence-corrected chi connectivity index (χ3v) is 4.37. The Morgan fingerprint density at radius 2 is 1.21 bits per heavy atom. The molecule has 0 atom stereocenters. The number of urea groups is 1. The van der Waals surface area contributed by atoms with E-state index in [4.69, 9.17) is 23.2 Å². The number of aromatic amines is 2. The predicted octanol–water partition coefficient (Wildman–Crippen LogP) is 6.35. The Morgan fingerprint density at radius 3 is 1.64 bits per heavy atom. The number of carbonyl (C=O) groups excluding carboxylic acids is 1. The summed E-state index contributed by atoms with van der Waals surface area (Å²) < 4.78 is 0. The molecule has 4 N–H and O–H groups in total. The lowest BCUT2D eigenvalue weighted by atomic mass is 10.2. The largest absolute Gasteiger partial charge is 0.493 e. The molecule has 11 heteroatoms. The van der Waals surface area contributed by atoms with Crippen molar-refractivity contribution in [1.82, 2.24) is 9.97 Å². The lowest BCUT2D eigenvalue weighted by molar-refractivity contribution is 0.254. The number of nitrogens with one attached hydrogen (secondary N) is 2. The van der Waals surface area contributed by atoms with Crippen LogP contribution in [0.15, 0.2) is 56.9 Å². The van der Waals surface area contributed by atoms with Crippen molar-refractivity contribution in [2.45, 2.75) is 0 Å². The van der Waals surface area contributed by atoms with Gasteiger partial charge in [-0.1, -0.05) is 33.4 Å². The number of halogens is 2. The van der Waals surface area contributed by atoms with Crippen molar-refractivity contribution in [3.63, 3.8) is 0 Å². The van der Waals surface area contributed by atoms with E-state index in [1.54, 1.807) is 36.4 Å². The van der Waals surface area contributed by atoms with Gasteiger partial charge < -0.3 is 20.2 Å². The van der Waals surface area contributed by atoms with Crippen molar-refractivity contribution >= 4 is 62.4 Å². The lowest BCUT2D eigenvalue weighted by Gasteiger charge is -1.93. The summed E-state index contributed by atoms with van der Waals surface area (Å²) in [6.45, 7) is 0. The first-order chi connectivity index (χ1) is 13.4. The number of benzene rings is 2. The van der Waals surface area contributed by atoms with Crippen molar-refractivity contribution in [3.05, 3.63) is 46.4 Å². The van der Waals surface area contributed by atoms with Crippen LogP contribution in [0.1, 0.15) is 0 Å². The number of amides is 2. The maximum absolute atomic E-state index is 11.9. The van der Waals surface area contributed by atoms with Crippen LogP contribution >= 0.6 is 23.2 Å². The van der Waals surface area contributed by atoms with Crippen molar-refractivity contribution in [2.75, 3.05) is 0 Å². The first kappa shape index (κ1) is 18.0. The first-order valence-electron chi connectivity index (χ1n) is 7.80. The van der Waals surface area contributed by atoms with Gasteiger partial charge in [0.2, 0.25) is 11.8 Å². The molecule has 0 unspecified atom stereocenters. The Morgan fingerprint density at radius 1 is 0.786 bits per heavy atom. The second-order valence-corrected chi connectivity index (χ2v) is 6.58. The predicted molar refractivity (Wildman–Crippen MR) is 104 cm³/mol. The minimum Gasteiger partial charge on any atom is -0.493 e. The summed E-state index contributed by atoms with van der Waals surface area (Å²) in [6, 6.07) is 8.69. The highest BCUT2D eigenvalue weighted by atomic mass is 35.5. The van der Waals surface area contributed by atoms with Crippen molar-refractivity contribution in [2.24, 2.45) is 20.5 Å². The van der Waals surface area contributed by atoms with E-state index < -0.39 is 6.03 Å². The Labute approximate surface area is 166 Å². The number of H-pyrrole nitrogens is 2. The maximum Gasteiger partial charge on any atom is 0.404 e. The molecule has 28 heavy (non-hydrogen) atoms. The molecular weight excluding hydrogens is 407 g/mol. The molecule has 9 nitrogen and oxygen atoms in total. The molecule has 0 spiro atoms. The maximum atomic E-state index is 11.9. The number of hydrogen-bond acceptors (Lipinski definition) is 5. The number of hydrogen-bond donors (Lipinski definition) is 4. The van der Waals surface area contributed by atoms with Gasteiger partial charge >= 0.3 is 6.03 Å².